The Morgan fingerprint density at radius 1 is 0.600 bits per heavy atom. The number of aliphatic hydroxyl groups is 1. The predicted molar refractivity (Wildman–Crippen MR) is 166 cm³/mol. The van der Waals surface area contributed by atoms with Crippen LogP contribution in [0.4, 0.5) is 0 Å². The molecule has 0 spiro atoms. The van der Waals surface area contributed by atoms with Crippen molar-refractivity contribution in [1.82, 2.24) is 0 Å². The van der Waals surface area contributed by atoms with Crippen LogP contribution in [0.15, 0.2) is 72.8 Å². The molecule has 5 nitrogen and oxygen atoms in total. The summed E-state index contributed by atoms with van der Waals surface area (Å²) in [6, 6.07) is 19.3. The van der Waals surface area contributed by atoms with Crippen molar-refractivity contribution in [2.45, 2.75) is 26.9 Å². The minimum atomic E-state index is -0.550. The Balaban J connectivity index is 0.000000282. The van der Waals surface area contributed by atoms with Crippen LogP contribution < -0.4 is 14.2 Å². The second-order valence-corrected chi connectivity index (χ2v) is 10.5. The van der Waals surface area contributed by atoms with Crippen molar-refractivity contribution in [3.63, 3.8) is 0 Å². The minimum absolute atomic E-state index is 0. The van der Waals surface area contributed by atoms with Gasteiger partial charge in [-0.1, -0.05) is 84.0 Å². The fourth-order valence-electron chi connectivity index (χ4n) is 2.91. The van der Waals surface area contributed by atoms with Crippen molar-refractivity contribution < 1.29 is 24.4 Å². The standard InChI is InChI=1S/C16H15Cl3O3.C12H7Cl3O2.CH4/c1-2-12(20)9-21-16-8-11(18)4-6-15(16)22-14-5-3-10(17)7-13(14)19;13-7-1-3-11(9(15)5-7)17-12-4-2-8(14)6-10(12)16;/h3-8,12,20H,2,9H2,1H3;1-6,16H;1H4. The summed E-state index contributed by atoms with van der Waals surface area (Å²) in [5.74, 6) is 1.98. The van der Waals surface area contributed by atoms with Gasteiger partial charge >= 0.3 is 0 Å². The molecule has 2 N–H and O–H groups in total. The molecule has 1 atom stereocenters. The maximum absolute atomic E-state index is 9.62. The highest BCUT2D eigenvalue weighted by Gasteiger charge is 2.12. The lowest BCUT2D eigenvalue weighted by atomic mass is 10.3. The normalized spacial score (nSPS) is 11.0. The second kappa shape index (κ2) is 16.3. The number of hydrogen-bond donors (Lipinski definition) is 2. The molecule has 4 aromatic rings. The number of benzene rings is 4. The van der Waals surface area contributed by atoms with Crippen molar-refractivity contribution in [3.05, 3.63) is 103 Å². The lowest BCUT2D eigenvalue weighted by Crippen LogP contribution is -2.16. The molecule has 11 heteroatoms. The fourth-order valence-corrected chi connectivity index (χ4v) is 4.14. The number of phenolic OH excluding ortho intramolecular Hbond substituents is 1. The van der Waals surface area contributed by atoms with Gasteiger partial charge in [-0.3, -0.25) is 0 Å². The van der Waals surface area contributed by atoms with Gasteiger partial charge in [0.2, 0.25) is 0 Å². The average Bonchev–Trinajstić information content (AvgIpc) is 2.88. The maximum atomic E-state index is 9.62. The molecule has 1 unspecified atom stereocenters. The van der Waals surface area contributed by atoms with Crippen molar-refractivity contribution in [3.8, 4) is 34.5 Å². The van der Waals surface area contributed by atoms with Crippen LogP contribution in [0.5, 0.6) is 34.5 Å². The number of rotatable bonds is 8. The topological polar surface area (TPSA) is 68.2 Å². The summed E-state index contributed by atoms with van der Waals surface area (Å²) < 4.78 is 16.8. The molecule has 0 amide bonds. The highest BCUT2D eigenvalue weighted by Crippen LogP contribution is 2.38. The first-order chi connectivity index (χ1) is 18.5. The van der Waals surface area contributed by atoms with E-state index in [4.69, 9.17) is 83.8 Å². The van der Waals surface area contributed by atoms with E-state index < -0.39 is 6.10 Å². The van der Waals surface area contributed by atoms with Crippen LogP contribution in [0.2, 0.25) is 30.1 Å². The highest BCUT2D eigenvalue weighted by molar-refractivity contribution is 6.36. The third-order valence-electron chi connectivity index (χ3n) is 4.96. The summed E-state index contributed by atoms with van der Waals surface area (Å²) in [5, 5.41) is 22.0. The molecule has 4 rings (SSSR count). The third-order valence-corrected chi connectivity index (χ3v) is 6.49. The van der Waals surface area contributed by atoms with E-state index in [9.17, 15) is 10.2 Å². The molecule has 0 radical (unpaired) electrons. The van der Waals surface area contributed by atoms with Crippen molar-refractivity contribution >= 4 is 69.6 Å². The maximum Gasteiger partial charge on any atom is 0.169 e. The Hall–Kier alpha value is -2.22. The van der Waals surface area contributed by atoms with Crippen LogP contribution in [-0.4, -0.2) is 22.9 Å². The van der Waals surface area contributed by atoms with Crippen LogP contribution in [0.25, 0.3) is 0 Å². The zero-order valence-electron chi connectivity index (χ0n) is 20.3. The largest absolute Gasteiger partial charge is 0.504 e. The van der Waals surface area contributed by atoms with Crippen LogP contribution in [-0.2, 0) is 0 Å². The highest BCUT2D eigenvalue weighted by atomic mass is 35.5. The lowest BCUT2D eigenvalue weighted by Gasteiger charge is -2.15. The van der Waals surface area contributed by atoms with E-state index in [-0.39, 0.29) is 25.5 Å². The van der Waals surface area contributed by atoms with Gasteiger partial charge in [-0.25, -0.2) is 0 Å². The molecule has 0 aliphatic carbocycles. The summed E-state index contributed by atoms with van der Waals surface area (Å²) in [6.45, 7) is 2.03. The van der Waals surface area contributed by atoms with Crippen LogP contribution in [0.3, 0.4) is 0 Å². The zero-order chi connectivity index (χ0) is 28.5. The molecule has 0 saturated heterocycles. The molecule has 0 bridgehead atoms. The molecule has 0 aromatic heterocycles. The van der Waals surface area contributed by atoms with Gasteiger partial charge in [0.05, 0.1) is 16.1 Å². The minimum Gasteiger partial charge on any atom is -0.504 e. The first kappa shape index (κ1) is 34.0. The molecule has 214 valence electrons. The fraction of sp³-hybridized carbons (Fsp3) is 0.172. The lowest BCUT2D eigenvalue weighted by molar-refractivity contribution is 0.103. The van der Waals surface area contributed by atoms with Crippen LogP contribution >= 0.6 is 69.6 Å². The molecular weight excluding hydrogens is 641 g/mol. The molecule has 0 heterocycles. The first-order valence-corrected chi connectivity index (χ1v) is 13.7. The van der Waals surface area contributed by atoms with Crippen molar-refractivity contribution in [2.24, 2.45) is 0 Å². The Labute approximate surface area is 263 Å². The third kappa shape index (κ3) is 10.3. The van der Waals surface area contributed by atoms with Gasteiger partial charge in [0, 0.05) is 32.2 Å². The molecule has 0 aliphatic rings. The Bertz CT molecular complexity index is 1370. The monoisotopic (exact) mass is 664 g/mol. The number of aliphatic hydroxyl groups excluding tert-OH is 1. The Kier molecular flexibility index (Phi) is 13.8. The number of phenols is 1. The van der Waals surface area contributed by atoms with Gasteiger partial charge < -0.3 is 24.4 Å². The van der Waals surface area contributed by atoms with Gasteiger partial charge in [0.1, 0.15) is 18.1 Å². The molecule has 4 aromatic carbocycles. The van der Waals surface area contributed by atoms with E-state index in [1.807, 2.05) is 6.92 Å². The van der Waals surface area contributed by atoms with E-state index in [2.05, 4.69) is 0 Å². The van der Waals surface area contributed by atoms with E-state index in [0.717, 1.165) is 0 Å². The van der Waals surface area contributed by atoms with Crippen molar-refractivity contribution in [2.75, 3.05) is 6.61 Å². The molecule has 0 aliphatic heterocycles. The number of halogens is 6. The summed E-state index contributed by atoms with van der Waals surface area (Å²) in [6.07, 6.45) is 0.0469. The van der Waals surface area contributed by atoms with E-state index in [0.29, 0.717) is 59.6 Å². The van der Waals surface area contributed by atoms with E-state index in [1.54, 1.807) is 66.7 Å². The Morgan fingerprint density at radius 2 is 1.02 bits per heavy atom. The summed E-state index contributed by atoms with van der Waals surface area (Å²) >= 11 is 35.4. The first-order valence-electron chi connectivity index (χ1n) is 11.4. The van der Waals surface area contributed by atoms with Gasteiger partial charge in [0.25, 0.3) is 0 Å². The van der Waals surface area contributed by atoms with E-state index in [1.165, 1.54) is 6.07 Å². The summed E-state index contributed by atoms with van der Waals surface area (Å²) in [5.41, 5.74) is 0. The Morgan fingerprint density at radius 3 is 1.50 bits per heavy atom. The predicted octanol–water partition coefficient (Wildman–Crippen LogP) is 11.4. The van der Waals surface area contributed by atoms with Gasteiger partial charge in [-0.2, -0.15) is 0 Å². The smallest absolute Gasteiger partial charge is 0.169 e. The average molecular weight is 667 g/mol. The number of aromatic hydroxyl groups is 1. The van der Waals surface area contributed by atoms with Crippen molar-refractivity contribution in [1.29, 1.82) is 0 Å². The number of ether oxygens (including phenoxy) is 3. The molecule has 0 fully saturated rings. The quantitative estimate of drug-likeness (QED) is 0.196. The van der Waals surface area contributed by atoms with Gasteiger partial charge in [-0.15, -0.1) is 0 Å². The van der Waals surface area contributed by atoms with E-state index >= 15 is 0 Å². The second-order valence-electron chi connectivity index (χ2n) is 7.93. The van der Waals surface area contributed by atoms with Gasteiger partial charge in [-0.05, 0) is 67.1 Å². The van der Waals surface area contributed by atoms with Gasteiger partial charge in [0.15, 0.2) is 23.0 Å². The van der Waals surface area contributed by atoms with Crippen LogP contribution in [0, 0.1) is 0 Å². The zero-order valence-corrected chi connectivity index (χ0v) is 24.8. The molecule has 40 heavy (non-hydrogen) atoms. The molecule has 0 saturated carbocycles. The molecular formula is C29H26Cl6O5. The van der Waals surface area contributed by atoms with Crippen LogP contribution in [0.1, 0.15) is 20.8 Å². The SMILES string of the molecule is C.CCC(O)COc1cc(Cl)ccc1Oc1ccc(Cl)cc1Cl.Oc1cc(Cl)ccc1Oc1ccc(Cl)cc1Cl. The number of hydrogen-bond acceptors (Lipinski definition) is 5. The summed E-state index contributed by atoms with van der Waals surface area (Å²) in [4.78, 5) is 0. The summed E-state index contributed by atoms with van der Waals surface area (Å²) in [7, 11) is 0.